The van der Waals surface area contributed by atoms with Gasteiger partial charge in [-0.1, -0.05) is 30.3 Å². The zero-order chi connectivity index (χ0) is 8.67. The van der Waals surface area contributed by atoms with E-state index in [4.69, 9.17) is 0 Å². The Balaban J connectivity index is 1.85. The Morgan fingerprint density at radius 3 is 2.46 bits per heavy atom. The third-order valence-corrected chi connectivity index (χ3v) is 3.53. The normalized spacial score (nSPS) is 36.8. The molecule has 1 aromatic rings. The molecule has 4 rings (SSSR count). The molecule has 0 radical (unpaired) electrons. The Kier molecular flexibility index (Phi) is 1.66. The molecular weight excluding hydrogens is 158 g/mol. The summed E-state index contributed by atoms with van der Waals surface area (Å²) in [6.45, 7) is 1.23. The number of rotatable bonds is 1. The van der Waals surface area contributed by atoms with Crippen LogP contribution in [0.3, 0.4) is 0 Å². The van der Waals surface area contributed by atoms with Crippen molar-refractivity contribution in [1.29, 1.82) is 0 Å². The molecule has 3 fully saturated rings. The van der Waals surface area contributed by atoms with Crippen LogP contribution in [0.1, 0.15) is 24.4 Å². The molecule has 13 heavy (non-hydrogen) atoms. The summed E-state index contributed by atoms with van der Waals surface area (Å²) in [6.07, 6.45) is 2.90. The molecule has 0 amide bonds. The van der Waals surface area contributed by atoms with Crippen LogP contribution in [-0.2, 0) is 0 Å². The van der Waals surface area contributed by atoms with Crippen LogP contribution in [0.25, 0.3) is 0 Å². The Bertz CT molecular complexity index is 284. The summed E-state index contributed by atoms with van der Waals surface area (Å²) in [5.74, 6) is 1.91. The highest BCUT2D eigenvalue weighted by molar-refractivity contribution is 5.21. The minimum atomic E-state index is 0.645. The molecular formula is C12H15N. The van der Waals surface area contributed by atoms with Gasteiger partial charge in [0.1, 0.15) is 0 Å². The fourth-order valence-corrected chi connectivity index (χ4v) is 2.74. The highest BCUT2D eigenvalue weighted by Gasteiger charge is 2.39. The van der Waals surface area contributed by atoms with Crippen LogP contribution in [0, 0.1) is 11.8 Å². The maximum atomic E-state index is 3.63. The van der Waals surface area contributed by atoms with Crippen molar-refractivity contribution >= 4 is 0 Å². The second kappa shape index (κ2) is 2.85. The van der Waals surface area contributed by atoms with Gasteiger partial charge in [0.25, 0.3) is 0 Å². The van der Waals surface area contributed by atoms with E-state index in [0.717, 1.165) is 11.8 Å². The first-order chi connectivity index (χ1) is 6.43. The van der Waals surface area contributed by atoms with Crippen LogP contribution in [0.5, 0.6) is 0 Å². The second-order valence-corrected chi connectivity index (χ2v) is 4.39. The van der Waals surface area contributed by atoms with Gasteiger partial charge < -0.3 is 5.32 Å². The summed E-state index contributed by atoms with van der Waals surface area (Å²) in [4.78, 5) is 0. The van der Waals surface area contributed by atoms with Crippen LogP contribution in [-0.4, -0.2) is 6.54 Å². The Morgan fingerprint density at radius 2 is 1.85 bits per heavy atom. The smallest absolute Gasteiger partial charge is 0.0348 e. The lowest BCUT2D eigenvalue weighted by Crippen LogP contribution is -2.47. The summed E-state index contributed by atoms with van der Waals surface area (Å²) in [5, 5.41) is 3.63. The third-order valence-electron chi connectivity index (χ3n) is 3.53. The van der Waals surface area contributed by atoms with Gasteiger partial charge in [-0.3, -0.25) is 0 Å². The molecule has 68 valence electrons. The van der Waals surface area contributed by atoms with Gasteiger partial charge in [0.15, 0.2) is 0 Å². The topological polar surface area (TPSA) is 12.0 Å². The molecule has 0 aromatic heterocycles. The van der Waals surface area contributed by atoms with Gasteiger partial charge in [-0.25, -0.2) is 0 Å². The maximum Gasteiger partial charge on any atom is 0.0348 e. The Hall–Kier alpha value is -0.820. The number of nitrogens with one attached hydrogen (secondary N) is 1. The zero-order valence-corrected chi connectivity index (χ0v) is 7.74. The number of fused-ring (bicyclic) bond motifs is 2. The highest BCUT2D eigenvalue weighted by Crippen LogP contribution is 2.45. The molecule has 1 nitrogen and oxygen atoms in total. The van der Waals surface area contributed by atoms with Gasteiger partial charge in [0, 0.05) is 6.04 Å². The van der Waals surface area contributed by atoms with E-state index in [1.807, 2.05) is 0 Å². The molecule has 1 saturated carbocycles. The minimum Gasteiger partial charge on any atom is -0.309 e. The molecule has 3 aliphatic rings. The summed E-state index contributed by atoms with van der Waals surface area (Å²) in [6, 6.07) is 11.5. The van der Waals surface area contributed by atoms with Gasteiger partial charge in [-0.05, 0) is 36.8 Å². The van der Waals surface area contributed by atoms with Crippen molar-refractivity contribution in [3.05, 3.63) is 35.9 Å². The molecule has 1 atom stereocenters. The molecule has 2 aliphatic heterocycles. The summed E-state index contributed by atoms with van der Waals surface area (Å²) < 4.78 is 0. The number of benzene rings is 1. The van der Waals surface area contributed by atoms with Crippen LogP contribution in [0.2, 0.25) is 0 Å². The first-order valence-electron chi connectivity index (χ1n) is 5.22. The summed E-state index contributed by atoms with van der Waals surface area (Å²) in [5.41, 5.74) is 1.48. The van der Waals surface area contributed by atoms with Crippen LogP contribution in [0.15, 0.2) is 30.3 Å². The molecule has 0 spiro atoms. The molecule has 1 aliphatic carbocycles. The van der Waals surface area contributed by atoms with Crippen molar-refractivity contribution in [1.82, 2.24) is 5.32 Å². The average molecular weight is 173 g/mol. The van der Waals surface area contributed by atoms with Crippen LogP contribution < -0.4 is 5.32 Å². The predicted molar refractivity (Wildman–Crippen MR) is 53.4 cm³/mol. The van der Waals surface area contributed by atoms with Crippen molar-refractivity contribution in [2.75, 3.05) is 6.54 Å². The van der Waals surface area contributed by atoms with Crippen molar-refractivity contribution < 1.29 is 0 Å². The van der Waals surface area contributed by atoms with Gasteiger partial charge in [0.2, 0.25) is 0 Å². The van der Waals surface area contributed by atoms with E-state index in [0.29, 0.717) is 6.04 Å². The van der Waals surface area contributed by atoms with Gasteiger partial charge in [-0.2, -0.15) is 0 Å². The molecule has 2 heterocycles. The SMILES string of the molecule is c1ccc(C2NCC3CC2C3)cc1. The fourth-order valence-electron chi connectivity index (χ4n) is 2.74. The molecule has 1 heteroatoms. The molecule has 1 aromatic carbocycles. The lowest BCUT2D eigenvalue weighted by molar-refractivity contribution is 0.0831. The van der Waals surface area contributed by atoms with E-state index in [2.05, 4.69) is 35.6 Å². The molecule has 2 saturated heterocycles. The van der Waals surface area contributed by atoms with Crippen molar-refractivity contribution in [2.24, 2.45) is 11.8 Å². The van der Waals surface area contributed by atoms with E-state index in [9.17, 15) is 0 Å². The van der Waals surface area contributed by atoms with Crippen LogP contribution >= 0.6 is 0 Å². The first kappa shape index (κ1) is 7.57. The van der Waals surface area contributed by atoms with E-state index >= 15 is 0 Å². The van der Waals surface area contributed by atoms with Gasteiger partial charge in [-0.15, -0.1) is 0 Å². The number of hydrogen-bond acceptors (Lipinski definition) is 1. The molecule has 1 N–H and O–H groups in total. The lowest BCUT2D eigenvalue weighted by Gasteiger charge is -2.47. The van der Waals surface area contributed by atoms with Gasteiger partial charge in [0.05, 0.1) is 0 Å². The Labute approximate surface area is 79.2 Å². The third kappa shape index (κ3) is 1.19. The van der Waals surface area contributed by atoms with E-state index in [1.165, 1.54) is 24.9 Å². The first-order valence-corrected chi connectivity index (χ1v) is 5.22. The second-order valence-electron chi connectivity index (χ2n) is 4.39. The molecule has 1 unspecified atom stereocenters. The maximum absolute atomic E-state index is 3.63. The summed E-state index contributed by atoms with van der Waals surface area (Å²) in [7, 11) is 0. The number of hydrogen-bond donors (Lipinski definition) is 1. The zero-order valence-electron chi connectivity index (χ0n) is 7.74. The quantitative estimate of drug-likeness (QED) is 0.687. The lowest BCUT2D eigenvalue weighted by atomic mass is 9.66. The fraction of sp³-hybridized carbons (Fsp3) is 0.500. The van der Waals surface area contributed by atoms with Gasteiger partial charge >= 0.3 is 0 Å². The van der Waals surface area contributed by atoms with Crippen molar-refractivity contribution in [2.45, 2.75) is 18.9 Å². The monoisotopic (exact) mass is 173 g/mol. The average Bonchev–Trinajstić information content (AvgIpc) is 2.18. The molecule has 2 bridgehead atoms. The predicted octanol–water partition coefficient (Wildman–Crippen LogP) is 2.36. The standard InChI is InChI=1S/C12H15N/c1-2-4-10(5-3-1)12-11-6-9(7-11)8-13-12/h1-5,9,11-13H,6-8H2. The van der Waals surface area contributed by atoms with E-state index in [1.54, 1.807) is 0 Å². The highest BCUT2D eigenvalue weighted by atomic mass is 15.0. The van der Waals surface area contributed by atoms with E-state index in [-0.39, 0.29) is 0 Å². The Morgan fingerprint density at radius 1 is 1.08 bits per heavy atom. The van der Waals surface area contributed by atoms with Crippen molar-refractivity contribution in [3.8, 4) is 0 Å². The largest absolute Gasteiger partial charge is 0.309 e. The van der Waals surface area contributed by atoms with E-state index < -0.39 is 0 Å². The van der Waals surface area contributed by atoms with Crippen LogP contribution in [0.4, 0.5) is 0 Å². The minimum absolute atomic E-state index is 0.645. The number of piperidine rings is 2. The van der Waals surface area contributed by atoms with Crippen molar-refractivity contribution in [3.63, 3.8) is 0 Å². The summed E-state index contributed by atoms with van der Waals surface area (Å²) >= 11 is 0.